The number of carbonyl (C=O) groups excluding carboxylic acids is 1. The van der Waals surface area contributed by atoms with Crippen LogP contribution < -0.4 is 5.32 Å². The first-order valence-corrected chi connectivity index (χ1v) is 6.77. The molecule has 0 unspecified atom stereocenters. The van der Waals surface area contributed by atoms with Gasteiger partial charge < -0.3 is 10.4 Å². The van der Waals surface area contributed by atoms with E-state index in [9.17, 15) is 14.0 Å². The lowest BCUT2D eigenvalue weighted by molar-refractivity contribution is -0.142. The molecular weight excluding hydrogens is 329 g/mol. The minimum atomic E-state index is -1.10. The third kappa shape index (κ3) is 4.77. The Hall–Kier alpha value is -1.69. The van der Waals surface area contributed by atoms with Gasteiger partial charge in [0.2, 0.25) is 5.91 Å². The standard InChI is InChI=1S/C14H15BrFNO3/c1-8(2)13(14(19)20)17-12(18)6-3-9-7-10(15)4-5-11(9)16/h3-8,13H,1-2H3,(H,17,18)(H,19,20)/b6-3+/t13-/m0/s1. The molecule has 0 fully saturated rings. The van der Waals surface area contributed by atoms with Crippen molar-refractivity contribution in [1.82, 2.24) is 5.32 Å². The van der Waals surface area contributed by atoms with E-state index in [2.05, 4.69) is 21.2 Å². The monoisotopic (exact) mass is 343 g/mol. The molecule has 2 N–H and O–H groups in total. The lowest BCUT2D eigenvalue weighted by Gasteiger charge is -2.16. The Kier molecular flexibility index (Phi) is 5.88. The van der Waals surface area contributed by atoms with Gasteiger partial charge in [0, 0.05) is 16.1 Å². The van der Waals surface area contributed by atoms with Gasteiger partial charge in [0.25, 0.3) is 0 Å². The molecule has 0 saturated heterocycles. The largest absolute Gasteiger partial charge is 0.480 e. The van der Waals surface area contributed by atoms with Gasteiger partial charge in [-0.3, -0.25) is 4.79 Å². The second-order valence-corrected chi connectivity index (χ2v) is 5.48. The SMILES string of the molecule is CC(C)[C@H](NC(=O)/C=C/c1cc(Br)ccc1F)C(=O)O. The van der Waals surface area contributed by atoms with Crippen molar-refractivity contribution in [2.45, 2.75) is 19.9 Å². The fourth-order valence-electron chi connectivity index (χ4n) is 1.52. The summed E-state index contributed by atoms with van der Waals surface area (Å²) in [7, 11) is 0. The van der Waals surface area contributed by atoms with Crippen LogP contribution in [0.5, 0.6) is 0 Å². The van der Waals surface area contributed by atoms with Gasteiger partial charge in [-0.1, -0.05) is 29.8 Å². The summed E-state index contributed by atoms with van der Waals surface area (Å²) in [6, 6.07) is 3.37. The van der Waals surface area contributed by atoms with Crippen molar-refractivity contribution in [3.05, 3.63) is 40.1 Å². The van der Waals surface area contributed by atoms with Crippen LogP contribution in [0.2, 0.25) is 0 Å². The van der Waals surface area contributed by atoms with E-state index in [1.807, 2.05) is 0 Å². The van der Waals surface area contributed by atoms with E-state index < -0.39 is 23.7 Å². The minimum absolute atomic E-state index is 0.242. The number of hydrogen-bond acceptors (Lipinski definition) is 2. The number of aliphatic carboxylic acids is 1. The predicted molar refractivity (Wildman–Crippen MR) is 77.5 cm³/mol. The number of amides is 1. The Morgan fingerprint density at radius 2 is 2.05 bits per heavy atom. The summed E-state index contributed by atoms with van der Waals surface area (Å²) in [5.41, 5.74) is 0.242. The molecule has 0 aliphatic rings. The minimum Gasteiger partial charge on any atom is -0.480 e. The summed E-state index contributed by atoms with van der Waals surface area (Å²) in [6.45, 7) is 3.38. The molecule has 4 nitrogen and oxygen atoms in total. The lowest BCUT2D eigenvalue weighted by atomic mass is 10.0. The van der Waals surface area contributed by atoms with E-state index in [4.69, 9.17) is 5.11 Å². The van der Waals surface area contributed by atoms with E-state index >= 15 is 0 Å². The Bertz CT molecular complexity index is 543. The maximum Gasteiger partial charge on any atom is 0.326 e. The lowest BCUT2D eigenvalue weighted by Crippen LogP contribution is -2.43. The summed E-state index contributed by atoms with van der Waals surface area (Å²) < 4.78 is 14.1. The van der Waals surface area contributed by atoms with Crippen molar-refractivity contribution >= 4 is 33.9 Å². The number of carboxylic acid groups (broad SMARTS) is 1. The molecule has 0 spiro atoms. The van der Waals surface area contributed by atoms with E-state index in [1.54, 1.807) is 19.9 Å². The third-order valence-corrected chi connectivity index (χ3v) is 3.10. The molecule has 0 saturated carbocycles. The van der Waals surface area contributed by atoms with Crippen LogP contribution in [0.15, 0.2) is 28.7 Å². The Morgan fingerprint density at radius 1 is 1.40 bits per heavy atom. The molecular formula is C14H15BrFNO3. The predicted octanol–water partition coefficient (Wildman–Crippen LogP) is 2.83. The number of halogens is 2. The molecule has 0 aliphatic carbocycles. The number of carboxylic acids is 1. The molecule has 1 amide bonds. The average molecular weight is 344 g/mol. The highest BCUT2D eigenvalue weighted by molar-refractivity contribution is 9.10. The number of nitrogens with one attached hydrogen (secondary N) is 1. The number of carbonyl (C=O) groups is 2. The van der Waals surface area contributed by atoms with Crippen molar-refractivity contribution < 1.29 is 19.1 Å². The topological polar surface area (TPSA) is 66.4 Å². The highest BCUT2D eigenvalue weighted by Gasteiger charge is 2.22. The van der Waals surface area contributed by atoms with Crippen molar-refractivity contribution in [3.8, 4) is 0 Å². The zero-order valence-corrected chi connectivity index (χ0v) is 12.6. The van der Waals surface area contributed by atoms with E-state index in [0.29, 0.717) is 4.47 Å². The molecule has 20 heavy (non-hydrogen) atoms. The third-order valence-electron chi connectivity index (χ3n) is 2.60. The van der Waals surface area contributed by atoms with Crippen LogP contribution in [0, 0.1) is 11.7 Å². The van der Waals surface area contributed by atoms with Gasteiger partial charge in [-0.2, -0.15) is 0 Å². The second-order valence-electron chi connectivity index (χ2n) is 4.57. The Morgan fingerprint density at radius 3 is 2.60 bits per heavy atom. The highest BCUT2D eigenvalue weighted by Crippen LogP contribution is 2.16. The Balaban J connectivity index is 2.77. The first-order valence-electron chi connectivity index (χ1n) is 5.97. The first kappa shape index (κ1) is 16.4. The van der Waals surface area contributed by atoms with Gasteiger partial charge >= 0.3 is 5.97 Å². The molecule has 1 aromatic carbocycles. The van der Waals surface area contributed by atoms with E-state index in [-0.39, 0.29) is 11.5 Å². The number of hydrogen-bond donors (Lipinski definition) is 2. The molecule has 1 aromatic rings. The summed E-state index contributed by atoms with van der Waals surface area (Å²) in [6.07, 6.45) is 2.41. The summed E-state index contributed by atoms with van der Waals surface area (Å²) >= 11 is 3.20. The van der Waals surface area contributed by atoms with E-state index in [1.165, 1.54) is 18.2 Å². The van der Waals surface area contributed by atoms with Gasteiger partial charge in [-0.15, -0.1) is 0 Å². The average Bonchev–Trinajstić information content (AvgIpc) is 2.36. The van der Waals surface area contributed by atoms with Crippen LogP contribution in [-0.2, 0) is 9.59 Å². The van der Waals surface area contributed by atoms with Gasteiger partial charge in [-0.05, 0) is 30.2 Å². The second kappa shape index (κ2) is 7.19. The van der Waals surface area contributed by atoms with Gasteiger partial charge in [0.05, 0.1) is 0 Å². The molecule has 6 heteroatoms. The molecule has 1 rings (SSSR count). The van der Waals surface area contributed by atoms with E-state index in [0.717, 1.165) is 6.08 Å². The highest BCUT2D eigenvalue weighted by atomic mass is 79.9. The number of rotatable bonds is 5. The van der Waals surface area contributed by atoms with Crippen LogP contribution in [0.1, 0.15) is 19.4 Å². The molecule has 0 aliphatic heterocycles. The van der Waals surface area contributed by atoms with Crippen molar-refractivity contribution in [3.63, 3.8) is 0 Å². The Labute approximate surface area is 124 Å². The molecule has 0 aromatic heterocycles. The molecule has 0 radical (unpaired) electrons. The van der Waals surface area contributed by atoms with Crippen LogP contribution >= 0.6 is 15.9 Å². The summed E-state index contributed by atoms with van der Waals surface area (Å²) in [5.74, 6) is -2.38. The van der Waals surface area contributed by atoms with Crippen LogP contribution in [0.4, 0.5) is 4.39 Å². The quantitative estimate of drug-likeness (QED) is 0.808. The number of benzene rings is 1. The van der Waals surface area contributed by atoms with Crippen molar-refractivity contribution in [2.75, 3.05) is 0 Å². The van der Waals surface area contributed by atoms with Crippen LogP contribution in [0.3, 0.4) is 0 Å². The zero-order chi connectivity index (χ0) is 15.3. The van der Waals surface area contributed by atoms with Crippen LogP contribution in [-0.4, -0.2) is 23.0 Å². The fourth-order valence-corrected chi connectivity index (χ4v) is 1.90. The van der Waals surface area contributed by atoms with Crippen LogP contribution in [0.25, 0.3) is 6.08 Å². The van der Waals surface area contributed by atoms with Crippen molar-refractivity contribution in [1.29, 1.82) is 0 Å². The normalized spacial score (nSPS) is 12.7. The maximum absolute atomic E-state index is 13.4. The molecule has 108 valence electrons. The summed E-state index contributed by atoms with van der Waals surface area (Å²) in [4.78, 5) is 22.6. The fraction of sp³-hybridized carbons (Fsp3) is 0.286. The van der Waals surface area contributed by atoms with Gasteiger partial charge in [0.1, 0.15) is 11.9 Å². The van der Waals surface area contributed by atoms with Crippen molar-refractivity contribution in [2.24, 2.45) is 5.92 Å². The van der Waals surface area contributed by atoms with Gasteiger partial charge in [0.15, 0.2) is 0 Å². The van der Waals surface area contributed by atoms with Gasteiger partial charge in [-0.25, -0.2) is 9.18 Å². The zero-order valence-electron chi connectivity index (χ0n) is 11.1. The first-order chi connectivity index (χ1) is 9.31. The summed E-state index contributed by atoms with van der Waals surface area (Å²) in [5, 5.41) is 11.3. The maximum atomic E-state index is 13.4. The molecule has 0 heterocycles. The molecule has 1 atom stereocenters. The smallest absolute Gasteiger partial charge is 0.326 e. The molecule has 0 bridgehead atoms.